The summed E-state index contributed by atoms with van der Waals surface area (Å²) in [6.07, 6.45) is 4.29. The van der Waals surface area contributed by atoms with Gasteiger partial charge in [0.15, 0.2) is 0 Å². The molecule has 0 aliphatic heterocycles. The Balaban J connectivity index is 2.17. The quantitative estimate of drug-likeness (QED) is 0.673. The fraction of sp³-hybridized carbons (Fsp3) is 1.00. The van der Waals surface area contributed by atoms with Gasteiger partial charge in [0.05, 0.1) is 24.9 Å². The normalized spacial score (nSPS) is 30.2. The average molecular weight is 203 g/mol. The van der Waals surface area contributed by atoms with Gasteiger partial charge >= 0.3 is 0 Å². The molecule has 0 aromatic heterocycles. The molecule has 0 radical (unpaired) electrons. The number of hydrogen-bond acceptors (Lipinski definition) is 4. The van der Waals surface area contributed by atoms with Crippen LogP contribution in [0.5, 0.6) is 0 Å². The number of nitrogens with two attached hydrogens (primary N) is 1. The molecular formula is C10H21NO3. The summed E-state index contributed by atoms with van der Waals surface area (Å²) in [7, 11) is 1.74. The van der Waals surface area contributed by atoms with Crippen molar-refractivity contribution in [2.45, 2.75) is 44.0 Å². The standard InChI is InChI=1S/C10H21NO3/c1-13-9-3-2-4-10(5-9)14-7-8(12)6-11/h8-10,12H,2-7,11H2,1H3. The van der Waals surface area contributed by atoms with E-state index in [0.29, 0.717) is 12.7 Å². The van der Waals surface area contributed by atoms with Gasteiger partial charge in [0.25, 0.3) is 0 Å². The highest BCUT2D eigenvalue weighted by Gasteiger charge is 2.22. The maximum atomic E-state index is 9.23. The SMILES string of the molecule is COC1CCCC(OCC(O)CN)C1. The third kappa shape index (κ3) is 3.92. The molecule has 0 heterocycles. The topological polar surface area (TPSA) is 64.7 Å². The Kier molecular flexibility index (Phi) is 5.40. The van der Waals surface area contributed by atoms with Crippen molar-refractivity contribution in [2.75, 3.05) is 20.3 Å². The Morgan fingerprint density at radius 2 is 2.14 bits per heavy atom. The van der Waals surface area contributed by atoms with E-state index in [1.165, 1.54) is 0 Å². The Labute approximate surface area is 85.4 Å². The summed E-state index contributed by atoms with van der Waals surface area (Å²) in [5.41, 5.74) is 5.29. The first-order valence-electron chi connectivity index (χ1n) is 5.28. The zero-order valence-electron chi connectivity index (χ0n) is 8.82. The smallest absolute Gasteiger partial charge is 0.0895 e. The van der Waals surface area contributed by atoms with Crippen LogP contribution in [0, 0.1) is 0 Å². The Hall–Kier alpha value is -0.160. The molecule has 4 nitrogen and oxygen atoms in total. The molecule has 3 unspecified atom stereocenters. The van der Waals surface area contributed by atoms with E-state index in [2.05, 4.69) is 0 Å². The van der Waals surface area contributed by atoms with E-state index in [0.717, 1.165) is 25.7 Å². The molecule has 0 amide bonds. The molecule has 1 rings (SSSR count). The molecular weight excluding hydrogens is 182 g/mol. The fourth-order valence-electron chi connectivity index (χ4n) is 1.78. The van der Waals surface area contributed by atoms with Gasteiger partial charge in [0.2, 0.25) is 0 Å². The van der Waals surface area contributed by atoms with Crippen LogP contribution in [0.3, 0.4) is 0 Å². The number of aliphatic hydroxyl groups is 1. The molecule has 1 aliphatic carbocycles. The van der Waals surface area contributed by atoms with E-state index in [1.807, 2.05) is 0 Å². The van der Waals surface area contributed by atoms with Gasteiger partial charge in [-0.1, -0.05) is 0 Å². The van der Waals surface area contributed by atoms with Crippen molar-refractivity contribution >= 4 is 0 Å². The van der Waals surface area contributed by atoms with E-state index in [4.69, 9.17) is 15.2 Å². The summed E-state index contributed by atoms with van der Waals surface area (Å²) < 4.78 is 10.8. The van der Waals surface area contributed by atoms with Crippen molar-refractivity contribution in [1.29, 1.82) is 0 Å². The second-order valence-electron chi connectivity index (χ2n) is 3.87. The second-order valence-corrected chi connectivity index (χ2v) is 3.87. The lowest BCUT2D eigenvalue weighted by molar-refractivity contribution is -0.0544. The van der Waals surface area contributed by atoms with Gasteiger partial charge in [-0.2, -0.15) is 0 Å². The van der Waals surface area contributed by atoms with Gasteiger partial charge in [0, 0.05) is 13.7 Å². The van der Waals surface area contributed by atoms with Crippen molar-refractivity contribution in [3.05, 3.63) is 0 Å². The number of ether oxygens (including phenoxy) is 2. The summed E-state index contributed by atoms with van der Waals surface area (Å²) in [5, 5.41) is 9.23. The third-order valence-electron chi connectivity index (χ3n) is 2.71. The molecule has 0 aromatic rings. The predicted molar refractivity (Wildman–Crippen MR) is 54.1 cm³/mol. The van der Waals surface area contributed by atoms with Crippen LogP contribution in [0.15, 0.2) is 0 Å². The van der Waals surface area contributed by atoms with Gasteiger partial charge in [-0.25, -0.2) is 0 Å². The van der Waals surface area contributed by atoms with Crippen molar-refractivity contribution in [3.8, 4) is 0 Å². The summed E-state index contributed by atoms with van der Waals surface area (Å²) in [6.45, 7) is 0.609. The number of methoxy groups -OCH3 is 1. The van der Waals surface area contributed by atoms with E-state index in [9.17, 15) is 5.11 Å². The first-order chi connectivity index (χ1) is 6.76. The average Bonchev–Trinajstić information content (AvgIpc) is 2.26. The molecule has 14 heavy (non-hydrogen) atoms. The van der Waals surface area contributed by atoms with Gasteiger partial charge in [-0.3, -0.25) is 0 Å². The fourth-order valence-corrected chi connectivity index (χ4v) is 1.78. The largest absolute Gasteiger partial charge is 0.389 e. The molecule has 1 saturated carbocycles. The van der Waals surface area contributed by atoms with Crippen molar-refractivity contribution < 1.29 is 14.6 Å². The minimum absolute atomic E-state index is 0.231. The molecule has 0 aromatic carbocycles. The lowest BCUT2D eigenvalue weighted by Crippen LogP contribution is -2.32. The summed E-state index contributed by atoms with van der Waals surface area (Å²) >= 11 is 0. The minimum atomic E-state index is -0.530. The molecule has 4 heteroatoms. The Morgan fingerprint density at radius 1 is 1.43 bits per heavy atom. The molecule has 0 saturated heterocycles. The molecule has 0 bridgehead atoms. The molecule has 1 fully saturated rings. The number of rotatable bonds is 5. The molecule has 1 aliphatic rings. The first-order valence-corrected chi connectivity index (χ1v) is 5.28. The lowest BCUT2D eigenvalue weighted by Gasteiger charge is -2.28. The van der Waals surface area contributed by atoms with Crippen LogP contribution in [0.1, 0.15) is 25.7 Å². The summed E-state index contributed by atoms with van der Waals surface area (Å²) in [6, 6.07) is 0. The van der Waals surface area contributed by atoms with E-state index < -0.39 is 6.10 Å². The molecule has 3 atom stereocenters. The van der Waals surface area contributed by atoms with Crippen molar-refractivity contribution in [1.82, 2.24) is 0 Å². The van der Waals surface area contributed by atoms with Crippen LogP contribution >= 0.6 is 0 Å². The maximum absolute atomic E-state index is 9.23. The Bertz CT molecular complexity index is 154. The van der Waals surface area contributed by atoms with Crippen LogP contribution in [0.25, 0.3) is 0 Å². The van der Waals surface area contributed by atoms with E-state index in [-0.39, 0.29) is 12.6 Å². The molecule has 84 valence electrons. The zero-order chi connectivity index (χ0) is 10.4. The van der Waals surface area contributed by atoms with Crippen molar-refractivity contribution in [2.24, 2.45) is 5.73 Å². The third-order valence-corrected chi connectivity index (χ3v) is 2.71. The second kappa shape index (κ2) is 6.35. The molecule has 3 N–H and O–H groups in total. The highest BCUT2D eigenvalue weighted by atomic mass is 16.5. The first kappa shape index (κ1) is 11.9. The van der Waals surface area contributed by atoms with Crippen LogP contribution in [-0.4, -0.2) is 43.7 Å². The lowest BCUT2D eigenvalue weighted by atomic mass is 9.95. The van der Waals surface area contributed by atoms with E-state index >= 15 is 0 Å². The van der Waals surface area contributed by atoms with Crippen molar-refractivity contribution in [3.63, 3.8) is 0 Å². The van der Waals surface area contributed by atoms with Crippen LogP contribution < -0.4 is 5.73 Å². The van der Waals surface area contributed by atoms with Gasteiger partial charge in [-0.15, -0.1) is 0 Å². The predicted octanol–water partition coefficient (Wildman–Crippen LogP) is 0.280. The highest BCUT2D eigenvalue weighted by molar-refractivity contribution is 4.73. The summed E-state index contributed by atoms with van der Waals surface area (Å²) in [4.78, 5) is 0. The minimum Gasteiger partial charge on any atom is -0.389 e. The van der Waals surface area contributed by atoms with E-state index in [1.54, 1.807) is 7.11 Å². The van der Waals surface area contributed by atoms with Gasteiger partial charge in [0.1, 0.15) is 0 Å². The highest BCUT2D eigenvalue weighted by Crippen LogP contribution is 2.22. The molecule has 0 spiro atoms. The van der Waals surface area contributed by atoms with Crippen LogP contribution in [-0.2, 0) is 9.47 Å². The van der Waals surface area contributed by atoms with Gasteiger partial charge in [-0.05, 0) is 25.7 Å². The number of hydrogen-bond donors (Lipinski definition) is 2. The van der Waals surface area contributed by atoms with Crippen LogP contribution in [0.4, 0.5) is 0 Å². The van der Waals surface area contributed by atoms with Gasteiger partial charge < -0.3 is 20.3 Å². The van der Waals surface area contributed by atoms with Crippen LogP contribution in [0.2, 0.25) is 0 Å². The number of aliphatic hydroxyl groups excluding tert-OH is 1. The monoisotopic (exact) mass is 203 g/mol. The maximum Gasteiger partial charge on any atom is 0.0895 e. The zero-order valence-corrected chi connectivity index (χ0v) is 8.82. The summed E-state index contributed by atoms with van der Waals surface area (Å²) in [5.74, 6) is 0. The Morgan fingerprint density at radius 3 is 2.79 bits per heavy atom.